The van der Waals surface area contributed by atoms with Gasteiger partial charge in [0.25, 0.3) is 0 Å². The van der Waals surface area contributed by atoms with Crippen LogP contribution in [0, 0.1) is 0 Å². The van der Waals surface area contributed by atoms with E-state index < -0.39 is 0 Å². The molecule has 0 aliphatic rings. The van der Waals surface area contributed by atoms with Gasteiger partial charge in [-0.1, -0.05) is 52.3 Å². The van der Waals surface area contributed by atoms with Crippen molar-refractivity contribution in [3.63, 3.8) is 0 Å². The number of aromatic nitrogens is 2. The van der Waals surface area contributed by atoms with Gasteiger partial charge in [0.05, 0.1) is 0 Å². The Labute approximate surface area is 138 Å². The molecule has 0 fully saturated rings. The molecule has 0 saturated heterocycles. The maximum absolute atomic E-state index is 5.64. The van der Waals surface area contributed by atoms with E-state index in [4.69, 9.17) is 5.73 Å². The maximum Gasteiger partial charge on any atom is 0.113 e. The van der Waals surface area contributed by atoms with Gasteiger partial charge in [0, 0.05) is 36.4 Å². The molecule has 3 aromatic rings. The second-order valence-electron chi connectivity index (χ2n) is 5.30. The smallest absolute Gasteiger partial charge is 0.113 e. The van der Waals surface area contributed by atoms with Crippen molar-refractivity contribution < 1.29 is 0 Å². The second kappa shape index (κ2) is 6.90. The van der Waals surface area contributed by atoms with Gasteiger partial charge in [0.2, 0.25) is 0 Å². The molecule has 22 heavy (non-hydrogen) atoms. The van der Waals surface area contributed by atoms with Crippen molar-refractivity contribution >= 4 is 15.9 Å². The SMILES string of the molecule is NCc1ccc(Cn2ccnc2Cc2ccc(Br)cc2)cc1. The summed E-state index contributed by atoms with van der Waals surface area (Å²) in [6.07, 6.45) is 4.73. The highest BCUT2D eigenvalue weighted by molar-refractivity contribution is 9.10. The summed E-state index contributed by atoms with van der Waals surface area (Å²) in [5.74, 6) is 1.07. The lowest BCUT2D eigenvalue weighted by Crippen LogP contribution is -2.05. The van der Waals surface area contributed by atoms with E-state index >= 15 is 0 Å². The molecule has 0 unspecified atom stereocenters. The van der Waals surface area contributed by atoms with E-state index in [2.05, 4.69) is 74.0 Å². The standard InChI is InChI=1S/C18H18BrN3/c19-17-7-5-14(6-8-17)11-18-21-9-10-22(18)13-16-3-1-15(12-20)2-4-16/h1-10H,11-13,20H2. The molecule has 0 saturated carbocycles. The average Bonchev–Trinajstić information content (AvgIpc) is 2.97. The van der Waals surface area contributed by atoms with Crippen LogP contribution in [0.15, 0.2) is 65.4 Å². The van der Waals surface area contributed by atoms with Crippen LogP contribution in [0.25, 0.3) is 0 Å². The van der Waals surface area contributed by atoms with Crippen LogP contribution in [-0.2, 0) is 19.5 Å². The normalized spacial score (nSPS) is 10.8. The van der Waals surface area contributed by atoms with Gasteiger partial charge in [0.15, 0.2) is 0 Å². The van der Waals surface area contributed by atoms with Gasteiger partial charge in [-0.2, -0.15) is 0 Å². The minimum atomic E-state index is 0.584. The van der Waals surface area contributed by atoms with Crippen LogP contribution in [0.2, 0.25) is 0 Å². The molecule has 0 aliphatic heterocycles. The van der Waals surface area contributed by atoms with Gasteiger partial charge >= 0.3 is 0 Å². The van der Waals surface area contributed by atoms with Crippen molar-refractivity contribution in [1.82, 2.24) is 9.55 Å². The van der Waals surface area contributed by atoms with Crippen molar-refractivity contribution in [3.8, 4) is 0 Å². The minimum Gasteiger partial charge on any atom is -0.330 e. The van der Waals surface area contributed by atoms with Crippen LogP contribution in [0.1, 0.15) is 22.5 Å². The molecule has 1 aromatic heterocycles. The maximum atomic E-state index is 5.64. The summed E-state index contributed by atoms with van der Waals surface area (Å²) in [6, 6.07) is 16.8. The number of rotatable bonds is 5. The molecule has 1 heterocycles. The quantitative estimate of drug-likeness (QED) is 0.757. The fourth-order valence-electron chi connectivity index (χ4n) is 2.41. The van der Waals surface area contributed by atoms with Gasteiger partial charge in [-0.25, -0.2) is 4.98 Å². The third-order valence-corrected chi connectivity index (χ3v) is 4.22. The minimum absolute atomic E-state index is 0.584. The molecule has 2 N–H and O–H groups in total. The number of halogens is 1. The fraction of sp³-hybridized carbons (Fsp3) is 0.167. The summed E-state index contributed by atoms with van der Waals surface area (Å²) in [6.45, 7) is 1.41. The molecule has 0 atom stereocenters. The predicted octanol–water partition coefficient (Wildman–Crippen LogP) is 3.74. The first-order chi connectivity index (χ1) is 10.7. The van der Waals surface area contributed by atoms with Gasteiger partial charge in [0.1, 0.15) is 5.82 Å². The van der Waals surface area contributed by atoms with E-state index in [1.165, 1.54) is 11.1 Å². The number of nitrogens with zero attached hydrogens (tertiary/aromatic N) is 2. The largest absolute Gasteiger partial charge is 0.330 e. The zero-order chi connectivity index (χ0) is 15.4. The van der Waals surface area contributed by atoms with Crippen molar-refractivity contribution in [2.45, 2.75) is 19.5 Å². The van der Waals surface area contributed by atoms with E-state index in [0.29, 0.717) is 6.54 Å². The Morgan fingerprint density at radius 3 is 2.23 bits per heavy atom. The highest BCUT2D eigenvalue weighted by Gasteiger charge is 2.05. The number of hydrogen-bond acceptors (Lipinski definition) is 2. The number of hydrogen-bond donors (Lipinski definition) is 1. The molecule has 0 radical (unpaired) electrons. The average molecular weight is 356 g/mol. The summed E-state index contributed by atoms with van der Waals surface area (Å²) in [5, 5.41) is 0. The van der Waals surface area contributed by atoms with Crippen LogP contribution >= 0.6 is 15.9 Å². The topological polar surface area (TPSA) is 43.8 Å². The number of imidazole rings is 1. The number of nitrogens with two attached hydrogens (primary N) is 1. The summed E-state index contributed by atoms with van der Waals surface area (Å²) in [5.41, 5.74) is 9.31. The Hall–Kier alpha value is -1.91. The van der Waals surface area contributed by atoms with Gasteiger partial charge in [-0.15, -0.1) is 0 Å². The lowest BCUT2D eigenvalue weighted by atomic mass is 10.1. The van der Waals surface area contributed by atoms with Gasteiger partial charge < -0.3 is 10.3 Å². The van der Waals surface area contributed by atoms with Crippen molar-refractivity contribution in [1.29, 1.82) is 0 Å². The summed E-state index contributed by atoms with van der Waals surface area (Å²) < 4.78 is 3.29. The van der Waals surface area contributed by atoms with Gasteiger partial charge in [-0.05, 0) is 28.8 Å². The van der Waals surface area contributed by atoms with Crippen molar-refractivity contribution in [2.75, 3.05) is 0 Å². The second-order valence-corrected chi connectivity index (χ2v) is 6.21. The van der Waals surface area contributed by atoms with Crippen molar-refractivity contribution in [3.05, 3.63) is 87.9 Å². The Kier molecular flexibility index (Phi) is 4.71. The molecule has 3 nitrogen and oxygen atoms in total. The molecule has 0 amide bonds. The molecule has 112 valence electrons. The van der Waals surface area contributed by atoms with E-state index in [1.54, 1.807) is 0 Å². The molecule has 2 aromatic carbocycles. The summed E-state index contributed by atoms with van der Waals surface area (Å²) in [7, 11) is 0. The van der Waals surface area contributed by atoms with E-state index in [0.717, 1.165) is 28.8 Å². The van der Waals surface area contributed by atoms with Crippen LogP contribution in [0.3, 0.4) is 0 Å². The molecular formula is C18H18BrN3. The molecule has 0 spiro atoms. The lowest BCUT2D eigenvalue weighted by Gasteiger charge is -2.09. The van der Waals surface area contributed by atoms with Crippen molar-refractivity contribution in [2.24, 2.45) is 5.73 Å². The van der Waals surface area contributed by atoms with Crippen LogP contribution in [0.4, 0.5) is 0 Å². The Balaban J connectivity index is 1.75. The van der Waals surface area contributed by atoms with E-state index in [1.807, 2.05) is 12.4 Å². The highest BCUT2D eigenvalue weighted by Crippen LogP contribution is 2.14. The first-order valence-electron chi connectivity index (χ1n) is 7.27. The molecule has 4 heteroatoms. The van der Waals surface area contributed by atoms with Gasteiger partial charge in [-0.3, -0.25) is 0 Å². The van der Waals surface area contributed by atoms with E-state index in [-0.39, 0.29) is 0 Å². The van der Waals surface area contributed by atoms with Crippen LogP contribution in [0.5, 0.6) is 0 Å². The van der Waals surface area contributed by atoms with Crippen LogP contribution in [-0.4, -0.2) is 9.55 Å². The monoisotopic (exact) mass is 355 g/mol. The first kappa shape index (κ1) is 15.0. The Bertz CT molecular complexity index is 730. The van der Waals surface area contributed by atoms with Crippen LogP contribution < -0.4 is 5.73 Å². The molecule has 3 rings (SSSR count). The fourth-order valence-corrected chi connectivity index (χ4v) is 2.68. The zero-order valence-corrected chi connectivity index (χ0v) is 13.8. The van der Waals surface area contributed by atoms with E-state index in [9.17, 15) is 0 Å². The molecule has 0 bridgehead atoms. The number of benzene rings is 2. The lowest BCUT2D eigenvalue weighted by molar-refractivity contribution is 0.740. The zero-order valence-electron chi connectivity index (χ0n) is 12.2. The highest BCUT2D eigenvalue weighted by atomic mass is 79.9. The molecular weight excluding hydrogens is 338 g/mol. The predicted molar refractivity (Wildman–Crippen MR) is 92.6 cm³/mol. The Morgan fingerprint density at radius 1 is 0.909 bits per heavy atom. The third kappa shape index (κ3) is 3.64. The summed E-state index contributed by atoms with van der Waals surface area (Å²) in [4.78, 5) is 4.50. The first-order valence-corrected chi connectivity index (χ1v) is 8.06. The third-order valence-electron chi connectivity index (χ3n) is 3.69. The Morgan fingerprint density at radius 2 is 1.55 bits per heavy atom. The molecule has 0 aliphatic carbocycles. The summed E-state index contributed by atoms with van der Waals surface area (Å²) >= 11 is 3.46.